The number of furan rings is 1. The minimum absolute atomic E-state index is 0.0376. The third-order valence-corrected chi connectivity index (χ3v) is 6.32. The maximum absolute atomic E-state index is 11.1. The van der Waals surface area contributed by atoms with Crippen LogP contribution < -0.4 is 0 Å². The molecule has 0 radical (unpaired) electrons. The summed E-state index contributed by atoms with van der Waals surface area (Å²) in [6.07, 6.45) is 1.79. The number of aliphatic imine (C=N–C) groups is 1. The molecule has 29 heavy (non-hydrogen) atoms. The van der Waals surface area contributed by atoms with Gasteiger partial charge in [0, 0.05) is 23.6 Å². The highest BCUT2D eigenvalue weighted by molar-refractivity contribution is 8.14. The van der Waals surface area contributed by atoms with E-state index in [4.69, 9.17) is 14.5 Å². The summed E-state index contributed by atoms with van der Waals surface area (Å²) in [6, 6.07) is 16.4. The van der Waals surface area contributed by atoms with E-state index in [1.54, 1.807) is 42.2 Å². The SMILES string of the molecule is C[C@H]1CN2C(=N[C@H](c3ccccn3)[C@@H]2c2ccc(-c3ccc(C(=O)O)cc3)o2)S1. The minimum atomic E-state index is -0.939. The van der Waals surface area contributed by atoms with Gasteiger partial charge in [-0.15, -0.1) is 0 Å². The zero-order valence-corrected chi connectivity index (χ0v) is 16.5. The first-order valence-corrected chi connectivity index (χ1v) is 10.3. The summed E-state index contributed by atoms with van der Waals surface area (Å²) in [7, 11) is 0. The molecule has 146 valence electrons. The van der Waals surface area contributed by atoms with Gasteiger partial charge < -0.3 is 14.4 Å². The molecular formula is C22H19N3O3S. The molecule has 7 heteroatoms. The van der Waals surface area contributed by atoms with Crippen molar-refractivity contribution in [1.82, 2.24) is 9.88 Å². The van der Waals surface area contributed by atoms with Crippen LogP contribution in [-0.2, 0) is 0 Å². The number of fused-ring (bicyclic) bond motifs is 1. The lowest BCUT2D eigenvalue weighted by Crippen LogP contribution is -2.28. The van der Waals surface area contributed by atoms with Crippen molar-refractivity contribution in [3.63, 3.8) is 0 Å². The van der Waals surface area contributed by atoms with Gasteiger partial charge in [0.2, 0.25) is 0 Å². The summed E-state index contributed by atoms with van der Waals surface area (Å²) >= 11 is 1.79. The fourth-order valence-corrected chi connectivity index (χ4v) is 4.96. The lowest BCUT2D eigenvalue weighted by Gasteiger charge is -2.25. The van der Waals surface area contributed by atoms with Crippen LogP contribution in [0.5, 0.6) is 0 Å². The van der Waals surface area contributed by atoms with Crippen molar-refractivity contribution >= 4 is 22.9 Å². The van der Waals surface area contributed by atoms with Gasteiger partial charge in [-0.3, -0.25) is 4.98 Å². The van der Waals surface area contributed by atoms with E-state index in [1.807, 2.05) is 30.3 Å². The average molecular weight is 405 g/mol. The van der Waals surface area contributed by atoms with Crippen LogP contribution in [0.4, 0.5) is 0 Å². The monoisotopic (exact) mass is 405 g/mol. The summed E-state index contributed by atoms with van der Waals surface area (Å²) in [5.74, 6) is 0.614. The topological polar surface area (TPSA) is 78.9 Å². The molecule has 0 unspecified atom stereocenters. The number of hydrogen-bond acceptors (Lipinski definition) is 6. The molecule has 1 N–H and O–H groups in total. The highest BCUT2D eigenvalue weighted by Gasteiger charge is 2.45. The Morgan fingerprint density at radius 1 is 1.17 bits per heavy atom. The van der Waals surface area contributed by atoms with Crippen LogP contribution in [-0.4, -0.2) is 37.9 Å². The van der Waals surface area contributed by atoms with Crippen LogP contribution in [0, 0.1) is 0 Å². The molecule has 0 amide bonds. The molecule has 3 atom stereocenters. The minimum Gasteiger partial charge on any atom is -0.478 e. The Morgan fingerprint density at radius 3 is 2.72 bits per heavy atom. The van der Waals surface area contributed by atoms with Gasteiger partial charge in [0.15, 0.2) is 5.17 Å². The number of hydrogen-bond donors (Lipinski definition) is 1. The summed E-state index contributed by atoms with van der Waals surface area (Å²) < 4.78 is 6.25. The van der Waals surface area contributed by atoms with Crippen molar-refractivity contribution < 1.29 is 14.3 Å². The van der Waals surface area contributed by atoms with Gasteiger partial charge in [-0.25, -0.2) is 9.79 Å². The predicted octanol–water partition coefficient (Wildman–Crippen LogP) is 4.63. The second-order valence-electron chi connectivity index (χ2n) is 7.22. The van der Waals surface area contributed by atoms with E-state index in [0.29, 0.717) is 11.0 Å². The van der Waals surface area contributed by atoms with Crippen LogP contribution in [0.3, 0.4) is 0 Å². The van der Waals surface area contributed by atoms with Crippen molar-refractivity contribution in [3.8, 4) is 11.3 Å². The number of pyridine rings is 1. The fraction of sp³-hybridized carbons (Fsp3) is 0.227. The van der Waals surface area contributed by atoms with Crippen LogP contribution >= 0.6 is 11.8 Å². The Morgan fingerprint density at radius 2 is 2.00 bits per heavy atom. The second kappa shape index (κ2) is 7.08. The fourth-order valence-electron chi connectivity index (χ4n) is 3.87. The van der Waals surface area contributed by atoms with E-state index in [2.05, 4.69) is 16.8 Å². The van der Waals surface area contributed by atoms with Gasteiger partial charge in [0.05, 0.1) is 11.3 Å². The van der Waals surface area contributed by atoms with Crippen molar-refractivity contribution in [1.29, 1.82) is 0 Å². The van der Waals surface area contributed by atoms with Gasteiger partial charge >= 0.3 is 5.97 Å². The first-order chi connectivity index (χ1) is 14.1. The Hall–Kier alpha value is -3.06. The number of aromatic nitrogens is 1. The molecular weight excluding hydrogens is 386 g/mol. The molecule has 4 heterocycles. The molecule has 2 aromatic heterocycles. The molecule has 0 bridgehead atoms. The number of benzene rings is 1. The van der Waals surface area contributed by atoms with Crippen molar-refractivity contribution in [3.05, 3.63) is 77.8 Å². The quantitative estimate of drug-likeness (QED) is 0.682. The van der Waals surface area contributed by atoms with Gasteiger partial charge in [-0.2, -0.15) is 0 Å². The van der Waals surface area contributed by atoms with Gasteiger partial charge in [0.1, 0.15) is 23.6 Å². The smallest absolute Gasteiger partial charge is 0.335 e. The standard InChI is InChI=1S/C22H19N3O3S/c1-13-12-25-20(19(24-22(25)29-13)16-4-2-3-11-23-16)18-10-9-17(28-18)14-5-7-15(8-6-14)21(26)27/h2-11,13,19-20H,12H2,1H3,(H,26,27)/t13-,19+,20-/m0/s1. The molecule has 6 nitrogen and oxygen atoms in total. The van der Waals surface area contributed by atoms with E-state index in [1.165, 1.54) is 0 Å². The molecule has 3 aromatic rings. The van der Waals surface area contributed by atoms with Crippen molar-refractivity contribution in [2.75, 3.05) is 6.54 Å². The first-order valence-electron chi connectivity index (χ1n) is 9.45. The zero-order chi connectivity index (χ0) is 20.0. The Bertz CT molecular complexity index is 1080. The van der Waals surface area contributed by atoms with Gasteiger partial charge in [0.25, 0.3) is 0 Å². The van der Waals surface area contributed by atoms with Crippen LogP contribution in [0.2, 0.25) is 0 Å². The summed E-state index contributed by atoms with van der Waals surface area (Å²) in [5.41, 5.74) is 2.03. The van der Waals surface area contributed by atoms with Crippen LogP contribution in [0.25, 0.3) is 11.3 Å². The molecule has 0 aliphatic carbocycles. The second-order valence-corrected chi connectivity index (χ2v) is 8.63. The molecule has 0 spiro atoms. The number of carboxylic acids is 1. The molecule has 2 aliphatic heterocycles. The number of amidine groups is 1. The largest absolute Gasteiger partial charge is 0.478 e. The molecule has 1 saturated heterocycles. The lowest BCUT2D eigenvalue weighted by atomic mass is 10.0. The third kappa shape index (κ3) is 3.21. The maximum atomic E-state index is 11.1. The number of rotatable bonds is 4. The Labute approximate surface area is 172 Å². The van der Waals surface area contributed by atoms with Crippen LogP contribution in [0.15, 0.2) is 70.2 Å². The van der Waals surface area contributed by atoms with Crippen molar-refractivity contribution in [2.45, 2.75) is 24.3 Å². The number of nitrogens with zero attached hydrogens (tertiary/aromatic N) is 3. The summed E-state index contributed by atoms with van der Waals surface area (Å²) in [4.78, 5) is 22.9. The predicted molar refractivity (Wildman–Crippen MR) is 112 cm³/mol. The van der Waals surface area contributed by atoms with E-state index in [0.717, 1.165) is 28.7 Å². The number of carbonyl (C=O) groups is 1. The van der Waals surface area contributed by atoms with E-state index in [-0.39, 0.29) is 17.6 Å². The normalized spacial score (nSPS) is 23.1. The number of aromatic carboxylic acids is 1. The van der Waals surface area contributed by atoms with Crippen molar-refractivity contribution in [2.24, 2.45) is 4.99 Å². The number of carboxylic acid groups (broad SMARTS) is 1. The average Bonchev–Trinajstić information content (AvgIpc) is 3.42. The number of thioether (sulfide) groups is 1. The van der Waals surface area contributed by atoms with Gasteiger partial charge in [-0.05, 0) is 36.4 Å². The molecule has 1 fully saturated rings. The Kier molecular flexibility index (Phi) is 4.39. The summed E-state index contributed by atoms with van der Waals surface area (Å²) in [6.45, 7) is 3.12. The van der Waals surface area contributed by atoms with E-state index in [9.17, 15) is 4.79 Å². The maximum Gasteiger partial charge on any atom is 0.335 e. The van der Waals surface area contributed by atoms with E-state index >= 15 is 0 Å². The lowest BCUT2D eigenvalue weighted by molar-refractivity contribution is 0.0697. The van der Waals surface area contributed by atoms with E-state index < -0.39 is 5.97 Å². The summed E-state index contributed by atoms with van der Waals surface area (Å²) in [5, 5.41) is 10.6. The Balaban J connectivity index is 1.49. The molecule has 0 saturated carbocycles. The van der Waals surface area contributed by atoms with Crippen LogP contribution in [0.1, 0.15) is 40.8 Å². The first kappa shape index (κ1) is 18.0. The molecule has 1 aromatic carbocycles. The molecule has 5 rings (SSSR count). The highest BCUT2D eigenvalue weighted by atomic mass is 32.2. The highest BCUT2D eigenvalue weighted by Crippen LogP contribution is 2.48. The molecule has 2 aliphatic rings. The zero-order valence-electron chi connectivity index (χ0n) is 15.7. The van der Waals surface area contributed by atoms with Gasteiger partial charge in [-0.1, -0.05) is 36.9 Å². The third-order valence-electron chi connectivity index (χ3n) is 5.22.